The third-order valence-corrected chi connectivity index (χ3v) is 7.57. The van der Waals surface area contributed by atoms with Crippen LogP contribution in [0.3, 0.4) is 0 Å². The van der Waals surface area contributed by atoms with Gasteiger partial charge in [-0.05, 0) is 74.3 Å². The molecule has 1 aliphatic rings. The summed E-state index contributed by atoms with van der Waals surface area (Å²) in [7, 11) is 3.04. The molecule has 180 valence electrons. The van der Waals surface area contributed by atoms with Crippen molar-refractivity contribution in [2.75, 3.05) is 46.7 Å². The third-order valence-electron chi connectivity index (χ3n) is 5.76. The monoisotopic (exact) mass is 475 g/mol. The quantitative estimate of drug-likeness (QED) is 0.600. The minimum atomic E-state index is -3.57. The van der Waals surface area contributed by atoms with Crippen molar-refractivity contribution in [1.29, 1.82) is 0 Å². The summed E-state index contributed by atoms with van der Waals surface area (Å²) in [6, 6.07) is 12.1. The van der Waals surface area contributed by atoms with Gasteiger partial charge < -0.3 is 19.7 Å². The van der Waals surface area contributed by atoms with Gasteiger partial charge in [0.2, 0.25) is 15.9 Å². The van der Waals surface area contributed by atoms with Crippen LogP contribution in [0.2, 0.25) is 0 Å². The first-order chi connectivity index (χ1) is 15.7. The number of nitrogens with one attached hydrogen (secondary N) is 1. The highest BCUT2D eigenvalue weighted by Crippen LogP contribution is 2.25. The molecule has 0 radical (unpaired) electrons. The van der Waals surface area contributed by atoms with Crippen LogP contribution < -0.4 is 14.8 Å². The molecule has 1 aliphatic heterocycles. The molecule has 0 bridgehead atoms. The summed E-state index contributed by atoms with van der Waals surface area (Å²) in [5, 5.41) is 2.88. The van der Waals surface area contributed by atoms with Crippen molar-refractivity contribution in [1.82, 2.24) is 9.21 Å². The van der Waals surface area contributed by atoms with Crippen LogP contribution in [-0.2, 0) is 21.2 Å². The SMILES string of the molecule is COc1ccc(S(=O)(=O)N(C)C)cc1CCC(=O)Nc1ccc(OC2CCN(C)CC2)cc1. The van der Waals surface area contributed by atoms with Gasteiger partial charge in [0.1, 0.15) is 17.6 Å². The fourth-order valence-corrected chi connectivity index (χ4v) is 4.66. The number of methoxy groups -OCH3 is 1. The Labute approximate surface area is 196 Å². The van der Waals surface area contributed by atoms with E-state index >= 15 is 0 Å². The van der Waals surface area contributed by atoms with E-state index in [-0.39, 0.29) is 23.3 Å². The second kappa shape index (κ2) is 11.0. The van der Waals surface area contributed by atoms with E-state index in [0.29, 0.717) is 23.4 Å². The largest absolute Gasteiger partial charge is 0.496 e. The van der Waals surface area contributed by atoms with Crippen molar-refractivity contribution >= 4 is 21.6 Å². The van der Waals surface area contributed by atoms with Gasteiger partial charge >= 0.3 is 0 Å². The predicted molar refractivity (Wildman–Crippen MR) is 128 cm³/mol. The number of amides is 1. The van der Waals surface area contributed by atoms with Crippen molar-refractivity contribution < 1.29 is 22.7 Å². The van der Waals surface area contributed by atoms with Crippen LogP contribution in [0, 0.1) is 0 Å². The molecular formula is C24H33N3O5S. The van der Waals surface area contributed by atoms with E-state index in [2.05, 4.69) is 17.3 Å². The van der Waals surface area contributed by atoms with Crippen LogP contribution in [0.25, 0.3) is 0 Å². The van der Waals surface area contributed by atoms with E-state index in [1.165, 1.54) is 27.3 Å². The fraction of sp³-hybridized carbons (Fsp3) is 0.458. The number of likely N-dealkylation sites (tertiary alicyclic amines) is 1. The molecule has 0 atom stereocenters. The van der Waals surface area contributed by atoms with E-state index in [1.807, 2.05) is 24.3 Å². The molecule has 1 heterocycles. The first kappa shape index (κ1) is 25.0. The highest BCUT2D eigenvalue weighted by molar-refractivity contribution is 7.89. The molecule has 1 saturated heterocycles. The zero-order valence-corrected chi connectivity index (χ0v) is 20.5. The Hall–Kier alpha value is -2.62. The number of piperidine rings is 1. The number of sulfonamides is 1. The lowest BCUT2D eigenvalue weighted by atomic mass is 10.1. The van der Waals surface area contributed by atoms with Gasteiger partial charge in [0.15, 0.2) is 0 Å². The molecule has 3 rings (SSSR count). The first-order valence-electron chi connectivity index (χ1n) is 11.0. The highest BCUT2D eigenvalue weighted by atomic mass is 32.2. The zero-order valence-electron chi connectivity index (χ0n) is 19.7. The summed E-state index contributed by atoms with van der Waals surface area (Å²) in [5.41, 5.74) is 1.35. The summed E-state index contributed by atoms with van der Waals surface area (Å²) in [4.78, 5) is 15.0. The number of ether oxygens (including phenoxy) is 2. The Bertz CT molecular complexity index is 1050. The molecule has 33 heavy (non-hydrogen) atoms. The maximum Gasteiger partial charge on any atom is 0.242 e. The molecule has 1 fully saturated rings. The summed E-state index contributed by atoms with van der Waals surface area (Å²) < 4.78 is 37.4. The van der Waals surface area contributed by atoms with Gasteiger partial charge in [-0.15, -0.1) is 0 Å². The van der Waals surface area contributed by atoms with Gasteiger partial charge in [0, 0.05) is 39.3 Å². The van der Waals surface area contributed by atoms with Crippen LogP contribution in [-0.4, -0.2) is 71.0 Å². The lowest BCUT2D eigenvalue weighted by molar-refractivity contribution is -0.116. The second-order valence-electron chi connectivity index (χ2n) is 8.45. The molecule has 2 aromatic carbocycles. The maximum absolute atomic E-state index is 12.5. The number of hydrogen-bond donors (Lipinski definition) is 1. The Morgan fingerprint density at radius 2 is 1.79 bits per heavy atom. The molecule has 1 amide bonds. The van der Waals surface area contributed by atoms with Gasteiger partial charge in [-0.2, -0.15) is 0 Å². The average Bonchev–Trinajstić information content (AvgIpc) is 2.80. The third kappa shape index (κ3) is 6.69. The minimum absolute atomic E-state index is 0.165. The number of nitrogens with zero attached hydrogens (tertiary/aromatic N) is 2. The molecule has 0 unspecified atom stereocenters. The number of anilines is 1. The van der Waals surface area contributed by atoms with Crippen molar-refractivity contribution in [2.24, 2.45) is 0 Å². The van der Waals surface area contributed by atoms with E-state index < -0.39 is 10.0 Å². The van der Waals surface area contributed by atoms with Crippen molar-refractivity contribution in [3.05, 3.63) is 48.0 Å². The van der Waals surface area contributed by atoms with E-state index in [0.717, 1.165) is 36.0 Å². The van der Waals surface area contributed by atoms with Crippen molar-refractivity contribution in [3.8, 4) is 11.5 Å². The predicted octanol–water partition coefficient (Wildman–Crippen LogP) is 2.99. The summed E-state index contributed by atoms with van der Waals surface area (Å²) in [5.74, 6) is 1.18. The topological polar surface area (TPSA) is 88.2 Å². The number of carbonyl (C=O) groups is 1. The molecular weight excluding hydrogens is 442 g/mol. The molecule has 0 spiro atoms. The summed E-state index contributed by atoms with van der Waals surface area (Å²) in [6.45, 7) is 2.07. The molecule has 8 nitrogen and oxygen atoms in total. The average molecular weight is 476 g/mol. The Kier molecular flexibility index (Phi) is 8.34. The Morgan fingerprint density at radius 1 is 1.12 bits per heavy atom. The van der Waals surface area contributed by atoms with Crippen molar-refractivity contribution in [3.63, 3.8) is 0 Å². The van der Waals surface area contributed by atoms with Gasteiger partial charge in [0.05, 0.1) is 12.0 Å². The lowest BCUT2D eigenvalue weighted by Crippen LogP contribution is -2.35. The lowest BCUT2D eigenvalue weighted by Gasteiger charge is -2.29. The molecule has 2 aromatic rings. The number of rotatable bonds is 9. The van der Waals surface area contributed by atoms with E-state index in [1.54, 1.807) is 12.1 Å². The van der Waals surface area contributed by atoms with Crippen LogP contribution in [0.4, 0.5) is 5.69 Å². The molecule has 0 aliphatic carbocycles. The van der Waals surface area contributed by atoms with Crippen LogP contribution in [0.5, 0.6) is 11.5 Å². The first-order valence-corrected chi connectivity index (χ1v) is 12.5. The van der Waals surface area contributed by atoms with Crippen LogP contribution in [0.1, 0.15) is 24.8 Å². The smallest absolute Gasteiger partial charge is 0.242 e. The summed E-state index contributed by atoms with van der Waals surface area (Å²) >= 11 is 0. The standard InChI is InChI=1S/C24H33N3O5S/c1-26(2)33(29,30)22-10-11-23(31-4)18(17-22)5-12-24(28)25-19-6-8-20(9-7-19)32-21-13-15-27(3)16-14-21/h6-11,17,21H,5,12-16H2,1-4H3,(H,25,28). The van der Waals surface area contributed by atoms with Gasteiger partial charge in [-0.1, -0.05) is 0 Å². The molecule has 1 N–H and O–H groups in total. The fourth-order valence-electron chi connectivity index (χ4n) is 3.71. The van der Waals surface area contributed by atoms with Gasteiger partial charge in [-0.3, -0.25) is 4.79 Å². The molecule has 9 heteroatoms. The van der Waals surface area contributed by atoms with Gasteiger partial charge in [-0.25, -0.2) is 12.7 Å². The maximum atomic E-state index is 12.5. The normalized spacial score (nSPS) is 15.4. The number of benzene rings is 2. The molecule has 0 saturated carbocycles. The van der Waals surface area contributed by atoms with Crippen LogP contribution >= 0.6 is 0 Å². The minimum Gasteiger partial charge on any atom is -0.496 e. The highest BCUT2D eigenvalue weighted by Gasteiger charge is 2.20. The number of carbonyl (C=O) groups excluding carboxylic acids is 1. The van der Waals surface area contributed by atoms with E-state index in [4.69, 9.17) is 9.47 Å². The van der Waals surface area contributed by atoms with Crippen LogP contribution in [0.15, 0.2) is 47.4 Å². The molecule has 0 aromatic heterocycles. The summed E-state index contributed by atoms with van der Waals surface area (Å²) in [6.07, 6.45) is 2.78. The zero-order chi connectivity index (χ0) is 24.0. The number of hydrogen-bond acceptors (Lipinski definition) is 6. The van der Waals surface area contributed by atoms with E-state index in [9.17, 15) is 13.2 Å². The van der Waals surface area contributed by atoms with Crippen molar-refractivity contribution in [2.45, 2.75) is 36.7 Å². The Morgan fingerprint density at radius 3 is 2.39 bits per heavy atom. The second-order valence-corrected chi connectivity index (χ2v) is 10.6. The Balaban J connectivity index is 1.57. The number of aryl methyl sites for hydroxylation is 1. The van der Waals surface area contributed by atoms with Gasteiger partial charge in [0.25, 0.3) is 0 Å².